The van der Waals surface area contributed by atoms with Crippen molar-refractivity contribution in [2.45, 2.75) is 12.5 Å². The maximum Gasteiger partial charge on any atom is 0.255 e. The second-order valence-electron chi connectivity index (χ2n) is 8.47. The number of anilines is 2. The fraction of sp³-hybridized carbons (Fsp3) is 0.269. The van der Waals surface area contributed by atoms with Crippen molar-refractivity contribution in [1.82, 2.24) is 4.90 Å². The summed E-state index contributed by atoms with van der Waals surface area (Å²) in [5.41, 5.74) is 2.59. The smallest absolute Gasteiger partial charge is 0.255 e. The summed E-state index contributed by atoms with van der Waals surface area (Å²) in [6.07, 6.45) is 1.26. The molecule has 0 spiro atoms. The predicted octanol–water partition coefficient (Wildman–Crippen LogP) is 4.87. The van der Waals surface area contributed by atoms with Crippen molar-refractivity contribution < 1.29 is 9.53 Å². The minimum atomic E-state index is -0.148. The van der Waals surface area contributed by atoms with Gasteiger partial charge < -0.3 is 19.9 Å². The molecule has 0 aromatic heterocycles. The Kier molecular flexibility index (Phi) is 5.35. The number of rotatable bonds is 5. The molecule has 2 saturated heterocycles. The number of ether oxygens (including phenoxy) is 1. The molecule has 5 heteroatoms. The van der Waals surface area contributed by atoms with E-state index in [0.717, 1.165) is 30.4 Å². The number of carbonyl (C=O) groups is 1. The summed E-state index contributed by atoms with van der Waals surface area (Å²) >= 11 is 0. The summed E-state index contributed by atoms with van der Waals surface area (Å²) in [6.45, 7) is 3.44. The van der Waals surface area contributed by atoms with Crippen LogP contribution in [-0.2, 0) is 0 Å². The lowest BCUT2D eigenvalue weighted by Crippen LogP contribution is -2.34. The number of hydrogen-bond acceptors (Lipinski definition) is 4. The molecule has 0 saturated carbocycles. The Labute approximate surface area is 183 Å². The first-order chi connectivity index (χ1) is 15.2. The number of likely N-dealkylation sites (N-methyl/N-ethyl adjacent to an activating group) is 1. The van der Waals surface area contributed by atoms with E-state index in [4.69, 9.17) is 4.74 Å². The van der Waals surface area contributed by atoms with E-state index in [-0.39, 0.29) is 5.91 Å². The Balaban J connectivity index is 1.24. The minimum absolute atomic E-state index is 0.148. The van der Waals surface area contributed by atoms with Crippen LogP contribution in [0.4, 0.5) is 11.4 Å². The Morgan fingerprint density at radius 3 is 2.52 bits per heavy atom. The maximum absolute atomic E-state index is 12.8. The third-order valence-corrected chi connectivity index (χ3v) is 6.26. The summed E-state index contributed by atoms with van der Waals surface area (Å²) in [5.74, 6) is 2.01. The number of fused-ring (bicyclic) bond motifs is 1. The van der Waals surface area contributed by atoms with Gasteiger partial charge in [0, 0.05) is 42.6 Å². The SMILES string of the molecule is CN1C[C@@H]2CCN(c3ccc(NC(=O)c4cccc(Oc5ccccc5)c4)cc3)[C@@H]2C1. The second kappa shape index (κ2) is 8.44. The van der Waals surface area contributed by atoms with Crippen LogP contribution in [0.5, 0.6) is 11.5 Å². The number of nitrogens with zero attached hydrogens (tertiary/aromatic N) is 2. The van der Waals surface area contributed by atoms with Gasteiger partial charge in [0.05, 0.1) is 0 Å². The number of hydrogen-bond donors (Lipinski definition) is 1. The molecule has 0 radical (unpaired) electrons. The highest BCUT2D eigenvalue weighted by molar-refractivity contribution is 6.04. The Morgan fingerprint density at radius 2 is 1.71 bits per heavy atom. The molecule has 0 aliphatic carbocycles. The van der Waals surface area contributed by atoms with Crippen molar-refractivity contribution in [2.75, 3.05) is 36.9 Å². The van der Waals surface area contributed by atoms with Gasteiger partial charge in [-0.25, -0.2) is 0 Å². The fourth-order valence-corrected chi connectivity index (χ4v) is 4.76. The first kappa shape index (κ1) is 19.6. The molecule has 1 amide bonds. The summed E-state index contributed by atoms with van der Waals surface area (Å²) in [7, 11) is 2.20. The van der Waals surface area contributed by atoms with Crippen molar-refractivity contribution in [3.63, 3.8) is 0 Å². The number of amides is 1. The van der Waals surface area contributed by atoms with Crippen LogP contribution in [0, 0.1) is 5.92 Å². The normalized spacial score (nSPS) is 20.5. The van der Waals surface area contributed by atoms with Crippen molar-refractivity contribution >= 4 is 17.3 Å². The van der Waals surface area contributed by atoms with Gasteiger partial charge in [0.15, 0.2) is 0 Å². The van der Waals surface area contributed by atoms with E-state index in [1.165, 1.54) is 18.7 Å². The number of nitrogens with one attached hydrogen (secondary N) is 1. The Morgan fingerprint density at radius 1 is 0.935 bits per heavy atom. The van der Waals surface area contributed by atoms with Crippen molar-refractivity contribution in [3.05, 3.63) is 84.4 Å². The van der Waals surface area contributed by atoms with Crippen LogP contribution in [0.15, 0.2) is 78.9 Å². The summed E-state index contributed by atoms with van der Waals surface area (Å²) in [5, 5.41) is 3.00. The minimum Gasteiger partial charge on any atom is -0.457 e. The highest BCUT2D eigenvalue weighted by Gasteiger charge is 2.39. The van der Waals surface area contributed by atoms with E-state index >= 15 is 0 Å². The third kappa shape index (κ3) is 4.28. The molecule has 2 heterocycles. The first-order valence-corrected chi connectivity index (χ1v) is 10.9. The zero-order chi connectivity index (χ0) is 21.2. The molecule has 2 atom stereocenters. The van der Waals surface area contributed by atoms with Crippen LogP contribution in [0.25, 0.3) is 0 Å². The summed E-state index contributed by atoms with van der Waals surface area (Å²) in [6, 6.07) is 25.6. The molecule has 0 bridgehead atoms. The highest BCUT2D eigenvalue weighted by atomic mass is 16.5. The van der Waals surface area contributed by atoms with E-state index in [1.54, 1.807) is 12.1 Å². The van der Waals surface area contributed by atoms with Crippen molar-refractivity contribution in [1.29, 1.82) is 0 Å². The summed E-state index contributed by atoms with van der Waals surface area (Å²) in [4.78, 5) is 17.7. The molecule has 158 valence electrons. The van der Waals surface area contributed by atoms with E-state index in [9.17, 15) is 4.79 Å². The quantitative estimate of drug-likeness (QED) is 0.648. The Bertz CT molecular complexity index is 1050. The molecule has 2 aliphatic heterocycles. The summed E-state index contributed by atoms with van der Waals surface area (Å²) < 4.78 is 5.85. The molecule has 1 N–H and O–H groups in total. The zero-order valence-electron chi connectivity index (χ0n) is 17.7. The van der Waals surface area contributed by atoms with Crippen LogP contribution >= 0.6 is 0 Å². The van der Waals surface area contributed by atoms with E-state index in [2.05, 4.69) is 34.3 Å². The van der Waals surface area contributed by atoms with Crippen molar-refractivity contribution in [3.8, 4) is 11.5 Å². The van der Waals surface area contributed by atoms with Gasteiger partial charge in [0.25, 0.3) is 5.91 Å². The average Bonchev–Trinajstić information content (AvgIpc) is 3.34. The molecular weight excluding hydrogens is 386 g/mol. The molecule has 2 fully saturated rings. The average molecular weight is 414 g/mol. The number of benzene rings is 3. The first-order valence-electron chi connectivity index (χ1n) is 10.9. The van der Waals surface area contributed by atoms with Gasteiger partial charge in [0.2, 0.25) is 0 Å². The van der Waals surface area contributed by atoms with Gasteiger partial charge in [0.1, 0.15) is 11.5 Å². The van der Waals surface area contributed by atoms with Gasteiger partial charge in [-0.2, -0.15) is 0 Å². The van der Waals surface area contributed by atoms with Crippen LogP contribution in [-0.4, -0.2) is 43.5 Å². The molecule has 5 nitrogen and oxygen atoms in total. The number of likely N-dealkylation sites (tertiary alicyclic amines) is 1. The lowest BCUT2D eigenvalue weighted by Gasteiger charge is -2.26. The number of carbonyl (C=O) groups excluding carboxylic acids is 1. The van der Waals surface area contributed by atoms with E-state index in [1.807, 2.05) is 54.6 Å². The monoisotopic (exact) mass is 413 g/mol. The third-order valence-electron chi connectivity index (χ3n) is 6.26. The molecule has 5 rings (SSSR count). The van der Waals surface area contributed by atoms with Crippen LogP contribution in [0.2, 0.25) is 0 Å². The maximum atomic E-state index is 12.8. The van der Waals surface area contributed by atoms with E-state index in [0.29, 0.717) is 17.4 Å². The van der Waals surface area contributed by atoms with Crippen LogP contribution < -0.4 is 15.0 Å². The van der Waals surface area contributed by atoms with Gasteiger partial charge in [-0.05, 0) is 74.0 Å². The van der Waals surface area contributed by atoms with Gasteiger partial charge in [-0.1, -0.05) is 24.3 Å². The largest absolute Gasteiger partial charge is 0.457 e. The number of para-hydroxylation sites is 1. The van der Waals surface area contributed by atoms with Gasteiger partial charge >= 0.3 is 0 Å². The highest BCUT2D eigenvalue weighted by Crippen LogP contribution is 2.35. The lowest BCUT2D eigenvalue weighted by atomic mass is 10.0. The van der Waals surface area contributed by atoms with Gasteiger partial charge in [-0.15, -0.1) is 0 Å². The zero-order valence-corrected chi connectivity index (χ0v) is 17.7. The molecular formula is C26H27N3O2. The molecule has 3 aromatic rings. The fourth-order valence-electron chi connectivity index (χ4n) is 4.76. The molecule has 31 heavy (non-hydrogen) atoms. The van der Waals surface area contributed by atoms with Crippen molar-refractivity contribution in [2.24, 2.45) is 5.92 Å². The lowest BCUT2D eigenvalue weighted by molar-refractivity contribution is 0.102. The molecule has 3 aromatic carbocycles. The topological polar surface area (TPSA) is 44.8 Å². The van der Waals surface area contributed by atoms with E-state index < -0.39 is 0 Å². The van der Waals surface area contributed by atoms with Crippen LogP contribution in [0.1, 0.15) is 16.8 Å². The Hall–Kier alpha value is -3.31. The predicted molar refractivity (Wildman–Crippen MR) is 124 cm³/mol. The van der Waals surface area contributed by atoms with Crippen LogP contribution in [0.3, 0.4) is 0 Å². The second-order valence-corrected chi connectivity index (χ2v) is 8.47. The molecule has 2 aliphatic rings. The molecule has 0 unspecified atom stereocenters. The standard InChI is InChI=1S/C26H27N3O2/c1-28-17-20-14-15-29(25(20)18-28)22-12-10-21(11-13-22)27-26(30)19-6-5-9-24(16-19)31-23-7-3-2-4-8-23/h2-13,16,20,25H,14-15,17-18H2,1H3,(H,27,30)/t20-,25+/m0/s1. The van der Waals surface area contributed by atoms with Gasteiger partial charge in [-0.3, -0.25) is 4.79 Å².